The first-order valence-corrected chi connectivity index (χ1v) is 13.3. The van der Waals surface area contributed by atoms with Crippen LogP contribution >= 0.6 is 50.9 Å². The van der Waals surface area contributed by atoms with Gasteiger partial charge in [0.2, 0.25) is 0 Å². The molecule has 0 unspecified atom stereocenters. The summed E-state index contributed by atoms with van der Waals surface area (Å²) in [6.45, 7) is -0.118. The molecule has 1 fully saturated rings. The van der Waals surface area contributed by atoms with Crippen molar-refractivity contribution in [1.29, 1.82) is 0 Å². The van der Waals surface area contributed by atoms with Crippen LogP contribution in [0.4, 0.5) is 10.5 Å². The van der Waals surface area contributed by atoms with Crippen molar-refractivity contribution in [2.45, 2.75) is 0 Å². The van der Waals surface area contributed by atoms with Crippen LogP contribution in [0.2, 0.25) is 10.0 Å². The molecular formula is C26H19BrCl2N2O5S. The third-order valence-corrected chi connectivity index (χ3v) is 7.09. The fraction of sp³-hybridized carbons (Fsp3) is 0.115. The van der Waals surface area contributed by atoms with Crippen molar-refractivity contribution in [3.05, 3.63) is 91.7 Å². The molecular weight excluding hydrogens is 603 g/mol. The molecule has 1 N–H and O–H groups in total. The van der Waals surface area contributed by atoms with E-state index in [-0.39, 0.29) is 24.7 Å². The number of para-hydroxylation sites is 2. The Morgan fingerprint density at radius 3 is 2.46 bits per heavy atom. The van der Waals surface area contributed by atoms with Gasteiger partial charge in [-0.1, -0.05) is 63.4 Å². The molecule has 0 aliphatic carbocycles. The number of hydrogen-bond donors (Lipinski definition) is 1. The minimum Gasteiger partial charge on any atom is -0.490 e. The van der Waals surface area contributed by atoms with E-state index in [1.54, 1.807) is 72.8 Å². The number of carbonyl (C=O) groups excluding carboxylic acids is 3. The van der Waals surface area contributed by atoms with E-state index >= 15 is 0 Å². The summed E-state index contributed by atoms with van der Waals surface area (Å²) < 4.78 is 12.1. The maximum absolute atomic E-state index is 12.9. The molecule has 0 atom stereocenters. The van der Waals surface area contributed by atoms with Gasteiger partial charge in [0.1, 0.15) is 18.1 Å². The number of nitrogens with one attached hydrogen (secondary N) is 1. The number of nitrogens with zero attached hydrogens (tertiary/aromatic N) is 1. The van der Waals surface area contributed by atoms with Gasteiger partial charge in [-0.2, -0.15) is 0 Å². The average molecular weight is 622 g/mol. The van der Waals surface area contributed by atoms with Gasteiger partial charge < -0.3 is 14.8 Å². The first kappa shape index (κ1) is 27.1. The smallest absolute Gasteiger partial charge is 0.293 e. The van der Waals surface area contributed by atoms with Crippen molar-refractivity contribution in [2.24, 2.45) is 0 Å². The van der Waals surface area contributed by atoms with Crippen LogP contribution in [-0.2, 0) is 9.59 Å². The Kier molecular flexibility index (Phi) is 9.15. The Balaban J connectivity index is 1.41. The second-order valence-electron chi connectivity index (χ2n) is 7.61. The van der Waals surface area contributed by atoms with Crippen molar-refractivity contribution in [2.75, 3.05) is 25.1 Å². The molecule has 0 radical (unpaired) electrons. The molecule has 0 bridgehead atoms. The van der Waals surface area contributed by atoms with Crippen LogP contribution in [0.1, 0.15) is 5.56 Å². The molecule has 3 aromatic rings. The Labute approximate surface area is 235 Å². The van der Waals surface area contributed by atoms with Crippen molar-refractivity contribution in [1.82, 2.24) is 4.90 Å². The molecule has 1 aliphatic rings. The van der Waals surface area contributed by atoms with Gasteiger partial charge in [-0.3, -0.25) is 19.3 Å². The van der Waals surface area contributed by atoms with Gasteiger partial charge in [-0.05, 0) is 60.3 Å². The van der Waals surface area contributed by atoms with E-state index in [2.05, 4.69) is 21.2 Å². The summed E-state index contributed by atoms with van der Waals surface area (Å²) in [5.41, 5.74) is 0.999. The zero-order valence-electron chi connectivity index (χ0n) is 19.1. The molecule has 4 rings (SSSR count). The quantitative estimate of drug-likeness (QED) is 0.262. The van der Waals surface area contributed by atoms with E-state index in [1.165, 1.54) is 0 Å². The highest BCUT2D eigenvalue weighted by Gasteiger charge is 2.35. The van der Waals surface area contributed by atoms with Gasteiger partial charge in [-0.25, -0.2) is 0 Å². The number of benzene rings is 3. The minimum atomic E-state index is -0.444. The molecule has 1 heterocycles. The Morgan fingerprint density at radius 1 is 0.973 bits per heavy atom. The lowest BCUT2D eigenvalue weighted by molar-refractivity contribution is -0.123. The minimum absolute atomic E-state index is 0.0668. The highest BCUT2D eigenvalue weighted by atomic mass is 79.9. The lowest BCUT2D eigenvalue weighted by atomic mass is 10.2. The molecule has 0 aromatic heterocycles. The third kappa shape index (κ3) is 7.07. The highest BCUT2D eigenvalue weighted by molar-refractivity contribution is 9.10. The number of imide groups is 1. The number of hydrogen-bond acceptors (Lipinski definition) is 6. The van der Waals surface area contributed by atoms with E-state index < -0.39 is 17.1 Å². The SMILES string of the molecule is O=C(COc1ccc(Br)cc1/C=C1\SC(=O)N(CCOc2ccccc2Cl)C1=O)Nc1ccccc1Cl. The summed E-state index contributed by atoms with van der Waals surface area (Å²) in [6.07, 6.45) is 1.56. The molecule has 190 valence electrons. The van der Waals surface area contributed by atoms with Gasteiger partial charge in [0.15, 0.2) is 6.61 Å². The second-order valence-corrected chi connectivity index (χ2v) is 10.3. The predicted molar refractivity (Wildman–Crippen MR) is 149 cm³/mol. The molecule has 3 amide bonds. The van der Waals surface area contributed by atoms with Crippen LogP contribution in [-0.4, -0.2) is 41.7 Å². The summed E-state index contributed by atoms with van der Waals surface area (Å²) >= 11 is 16.4. The zero-order valence-corrected chi connectivity index (χ0v) is 23.0. The molecule has 11 heteroatoms. The average Bonchev–Trinajstić information content (AvgIpc) is 3.13. The first-order valence-electron chi connectivity index (χ1n) is 10.9. The molecule has 0 saturated carbocycles. The van der Waals surface area contributed by atoms with Gasteiger partial charge in [-0.15, -0.1) is 0 Å². The zero-order chi connectivity index (χ0) is 26.4. The normalized spacial score (nSPS) is 14.2. The molecule has 0 spiro atoms. The van der Waals surface area contributed by atoms with Gasteiger partial charge in [0, 0.05) is 10.0 Å². The standard InChI is InChI=1S/C26H19BrCl2N2O5S/c27-17-9-10-21(36-15-24(32)30-20-7-3-1-5-18(20)28)16(13-17)14-23-25(33)31(26(34)37-23)11-12-35-22-8-4-2-6-19(22)29/h1-10,13-14H,11-12,15H2,(H,30,32)/b23-14-. The van der Waals surface area contributed by atoms with Crippen molar-refractivity contribution >= 4 is 79.7 Å². The summed E-state index contributed by atoms with van der Waals surface area (Å²) in [4.78, 5) is 39.2. The lowest BCUT2D eigenvalue weighted by Crippen LogP contribution is -2.32. The van der Waals surface area contributed by atoms with Crippen LogP contribution in [0.3, 0.4) is 0 Å². The Morgan fingerprint density at radius 2 is 1.70 bits per heavy atom. The fourth-order valence-corrected chi connectivity index (χ4v) is 4.91. The van der Waals surface area contributed by atoms with Crippen molar-refractivity contribution in [3.63, 3.8) is 0 Å². The van der Waals surface area contributed by atoms with E-state index in [0.717, 1.165) is 21.1 Å². The maximum Gasteiger partial charge on any atom is 0.293 e. The van der Waals surface area contributed by atoms with E-state index in [1.807, 2.05) is 0 Å². The number of carbonyl (C=O) groups is 3. The Bertz CT molecular complexity index is 1380. The molecule has 1 aliphatic heterocycles. The van der Waals surface area contributed by atoms with Crippen LogP contribution in [0.25, 0.3) is 6.08 Å². The number of ether oxygens (including phenoxy) is 2. The summed E-state index contributed by atoms with van der Waals surface area (Å²) in [7, 11) is 0. The van der Waals surface area contributed by atoms with Crippen LogP contribution < -0.4 is 14.8 Å². The molecule has 1 saturated heterocycles. The van der Waals surface area contributed by atoms with Crippen LogP contribution in [0, 0.1) is 0 Å². The summed E-state index contributed by atoms with van der Waals surface area (Å²) in [6, 6.07) is 19.0. The van der Waals surface area contributed by atoms with E-state index in [0.29, 0.717) is 32.8 Å². The Hall–Kier alpha value is -2.98. The molecule has 37 heavy (non-hydrogen) atoms. The maximum atomic E-state index is 12.9. The summed E-state index contributed by atoms with van der Waals surface area (Å²) in [5.74, 6) is -0.00602. The first-order chi connectivity index (χ1) is 17.8. The van der Waals surface area contributed by atoms with Crippen molar-refractivity contribution in [3.8, 4) is 11.5 Å². The summed E-state index contributed by atoms with van der Waals surface area (Å²) in [5, 5.41) is 3.13. The second kappa shape index (κ2) is 12.5. The number of halogens is 3. The van der Waals surface area contributed by atoms with Gasteiger partial charge in [0.25, 0.3) is 17.1 Å². The fourth-order valence-electron chi connectivity index (χ4n) is 3.30. The number of rotatable bonds is 9. The molecule has 7 nitrogen and oxygen atoms in total. The third-order valence-electron chi connectivity index (χ3n) is 5.05. The monoisotopic (exact) mass is 620 g/mol. The van der Waals surface area contributed by atoms with Crippen LogP contribution in [0.15, 0.2) is 76.1 Å². The van der Waals surface area contributed by atoms with Crippen LogP contribution in [0.5, 0.6) is 11.5 Å². The topological polar surface area (TPSA) is 84.9 Å². The number of anilines is 1. The predicted octanol–water partition coefficient (Wildman–Crippen LogP) is 6.89. The number of amides is 3. The van der Waals surface area contributed by atoms with Gasteiger partial charge >= 0.3 is 0 Å². The van der Waals surface area contributed by atoms with Gasteiger partial charge in [0.05, 0.1) is 27.2 Å². The largest absolute Gasteiger partial charge is 0.490 e. The van der Waals surface area contributed by atoms with Crippen molar-refractivity contribution < 1.29 is 23.9 Å². The highest BCUT2D eigenvalue weighted by Crippen LogP contribution is 2.35. The molecule has 3 aromatic carbocycles. The lowest BCUT2D eigenvalue weighted by Gasteiger charge is -2.14. The van der Waals surface area contributed by atoms with E-state index in [9.17, 15) is 14.4 Å². The number of thioether (sulfide) groups is 1. The van der Waals surface area contributed by atoms with E-state index in [4.69, 9.17) is 32.7 Å².